The molecule has 0 saturated carbocycles. The zero-order valence-corrected chi connectivity index (χ0v) is 11.7. The van der Waals surface area contributed by atoms with E-state index in [1.165, 1.54) is 12.1 Å². The Morgan fingerprint density at radius 3 is 2.85 bits per heavy atom. The molecule has 0 radical (unpaired) electrons. The lowest BCUT2D eigenvalue weighted by Crippen LogP contribution is -2.28. The fourth-order valence-corrected chi connectivity index (χ4v) is 2.10. The van der Waals surface area contributed by atoms with Gasteiger partial charge in [0.25, 0.3) is 0 Å². The second kappa shape index (κ2) is 6.48. The number of rotatable bonds is 4. The molecule has 1 heterocycles. The molecule has 0 fully saturated rings. The van der Waals surface area contributed by atoms with Crippen molar-refractivity contribution in [3.63, 3.8) is 0 Å². The van der Waals surface area contributed by atoms with Crippen LogP contribution < -0.4 is 5.32 Å². The van der Waals surface area contributed by atoms with E-state index in [9.17, 15) is 9.18 Å². The van der Waals surface area contributed by atoms with E-state index in [0.717, 1.165) is 5.56 Å². The number of aromatic nitrogens is 1. The zero-order valence-electron chi connectivity index (χ0n) is 10.9. The summed E-state index contributed by atoms with van der Waals surface area (Å²) in [6, 6.07) is 7.84. The Morgan fingerprint density at radius 1 is 1.40 bits per heavy atom. The maximum absolute atomic E-state index is 13.6. The molecule has 0 aliphatic rings. The maximum atomic E-state index is 13.6. The van der Waals surface area contributed by atoms with Crippen LogP contribution >= 0.6 is 11.6 Å². The Balaban J connectivity index is 2.03. The molecule has 0 saturated heterocycles. The third kappa shape index (κ3) is 3.54. The molecule has 2 rings (SSSR count). The molecular weight excluding hydrogens is 279 g/mol. The fourth-order valence-electron chi connectivity index (χ4n) is 1.87. The maximum Gasteiger partial charge on any atom is 0.225 e. The van der Waals surface area contributed by atoms with Crippen molar-refractivity contribution in [3.05, 3.63) is 64.7 Å². The zero-order chi connectivity index (χ0) is 14.5. The highest BCUT2D eigenvalue weighted by Gasteiger charge is 2.14. The number of carbonyl (C=O) groups excluding carboxylic acids is 1. The van der Waals surface area contributed by atoms with Gasteiger partial charge in [-0.3, -0.25) is 9.78 Å². The number of nitrogens with zero attached hydrogens (tertiary/aromatic N) is 1. The first-order chi connectivity index (χ1) is 9.58. The van der Waals surface area contributed by atoms with Gasteiger partial charge in [0.05, 0.1) is 12.5 Å². The molecule has 0 spiro atoms. The molecule has 3 nitrogen and oxygen atoms in total. The number of benzene rings is 1. The number of pyridine rings is 1. The molecule has 0 unspecified atom stereocenters. The number of hydrogen-bond donors (Lipinski definition) is 1. The van der Waals surface area contributed by atoms with Crippen molar-refractivity contribution in [2.24, 2.45) is 0 Å². The standard InChI is InChI=1S/C15H14ClFN2O/c1-10(11-4-3-7-18-9-11)19-15(20)8-12-13(16)5-2-6-14(12)17/h2-7,9-10H,8H2,1H3,(H,19,20)/t10-/m1/s1. The van der Waals surface area contributed by atoms with Crippen LogP contribution in [0.2, 0.25) is 5.02 Å². The minimum atomic E-state index is -0.471. The summed E-state index contributed by atoms with van der Waals surface area (Å²) in [4.78, 5) is 15.9. The smallest absolute Gasteiger partial charge is 0.225 e. The van der Waals surface area contributed by atoms with Crippen LogP contribution in [-0.2, 0) is 11.2 Å². The van der Waals surface area contributed by atoms with E-state index in [2.05, 4.69) is 10.3 Å². The minimum Gasteiger partial charge on any atom is -0.349 e. The largest absolute Gasteiger partial charge is 0.349 e. The van der Waals surface area contributed by atoms with Gasteiger partial charge in [-0.1, -0.05) is 23.7 Å². The summed E-state index contributed by atoms with van der Waals surface area (Å²) in [5, 5.41) is 3.05. The van der Waals surface area contributed by atoms with Crippen molar-refractivity contribution >= 4 is 17.5 Å². The van der Waals surface area contributed by atoms with Crippen LogP contribution in [-0.4, -0.2) is 10.9 Å². The van der Waals surface area contributed by atoms with Crippen LogP contribution in [0.5, 0.6) is 0 Å². The molecule has 5 heteroatoms. The van der Waals surface area contributed by atoms with Crippen LogP contribution in [0.25, 0.3) is 0 Å². The van der Waals surface area contributed by atoms with Gasteiger partial charge in [0, 0.05) is 23.0 Å². The van der Waals surface area contributed by atoms with Gasteiger partial charge in [0.2, 0.25) is 5.91 Å². The summed E-state index contributed by atoms with van der Waals surface area (Å²) in [6.45, 7) is 1.85. The molecule has 0 aliphatic carbocycles. The highest BCUT2D eigenvalue weighted by molar-refractivity contribution is 6.31. The number of amides is 1. The number of hydrogen-bond acceptors (Lipinski definition) is 2. The minimum absolute atomic E-state index is 0.0872. The van der Waals surface area contributed by atoms with Gasteiger partial charge in [-0.2, -0.15) is 0 Å². The fraction of sp³-hybridized carbons (Fsp3) is 0.200. The molecule has 0 aliphatic heterocycles. The van der Waals surface area contributed by atoms with E-state index in [4.69, 9.17) is 11.6 Å². The van der Waals surface area contributed by atoms with Crippen LogP contribution in [0.15, 0.2) is 42.7 Å². The average molecular weight is 293 g/mol. The van der Waals surface area contributed by atoms with Crippen LogP contribution in [0.1, 0.15) is 24.1 Å². The SMILES string of the molecule is C[C@@H](NC(=O)Cc1c(F)cccc1Cl)c1cccnc1. The van der Waals surface area contributed by atoms with Gasteiger partial charge in [-0.15, -0.1) is 0 Å². The first kappa shape index (κ1) is 14.5. The number of nitrogens with one attached hydrogen (secondary N) is 1. The first-order valence-corrected chi connectivity index (χ1v) is 6.58. The van der Waals surface area contributed by atoms with Gasteiger partial charge < -0.3 is 5.32 Å². The Morgan fingerprint density at radius 2 is 2.20 bits per heavy atom. The molecule has 1 N–H and O–H groups in total. The first-order valence-electron chi connectivity index (χ1n) is 6.20. The molecule has 1 aromatic carbocycles. The lowest BCUT2D eigenvalue weighted by atomic mass is 10.1. The van der Waals surface area contributed by atoms with E-state index >= 15 is 0 Å². The highest BCUT2D eigenvalue weighted by Crippen LogP contribution is 2.20. The quantitative estimate of drug-likeness (QED) is 0.939. The summed E-state index contributed by atoms with van der Waals surface area (Å²) in [5.41, 5.74) is 1.10. The molecule has 104 valence electrons. The molecule has 1 amide bonds. The third-order valence-corrected chi connectivity index (χ3v) is 3.32. The van der Waals surface area contributed by atoms with Gasteiger partial charge in [0.1, 0.15) is 5.82 Å². The van der Waals surface area contributed by atoms with Crippen molar-refractivity contribution in [2.45, 2.75) is 19.4 Å². The predicted octanol–water partition coefficient (Wildman–Crippen LogP) is 3.29. The molecular formula is C15H14ClFN2O. The number of carbonyl (C=O) groups is 1. The molecule has 0 bridgehead atoms. The van der Waals surface area contributed by atoms with E-state index in [1.54, 1.807) is 24.5 Å². The number of halogens is 2. The van der Waals surface area contributed by atoms with Crippen molar-refractivity contribution < 1.29 is 9.18 Å². The van der Waals surface area contributed by atoms with Gasteiger partial charge >= 0.3 is 0 Å². The van der Waals surface area contributed by atoms with Crippen LogP contribution in [0.3, 0.4) is 0 Å². The topological polar surface area (TPSA) is 42.0 Å². The second-order valence-electron chi connectivity index (χ2n) is 4.45. The summed E-state index contributed by atoms with van der Waals surface area (Å²) < 4.78 is 13.6. The Bertz CT molecular complexity index is 584. The lowest BCUT2D eigenvalue weighted by molar-refractivity contribution is -0.121. The van der Waals surface area contributed by atoms with Crippen LogP contribution in [0, 0.1) is 5.82 Å². The lowest BCUT2D eigenvalue weighted by Gasteiger charge is -2.14. The second-order valence-corrected chi connectivity index (χ2v) is 4.86. The normalized spacial score (nSPS) is 11.9. The summed E-state index contributed by atoms with van der Waals surface area (Å²) >= 11 is 5.90. The molecule has 2 aromatic rings. The van der Waals surface area contributed by atoms with Crippen LogP contribution in [0.4, 0.5) is 4.39 Å². The van der Waals surface area contributed by atoms with E-state index in [1.807, 2.05) is 13.0 Å². The molecule has 1 atom stereocenters. The monoisotopic (exact) mass is 292 g/mol. The van der Waals surface area contributed by atoms with Crippen molar-refractivity contribution in [2.75, 3.05) is 0 Å². The Labute approximate surface area is 121 Å². The summed E-state index contributed by atoms with van der Waals surface area (Å²) in [5.74, 6) is -0.755. The molecule has 1 aromatic heterocycles. The van der Waals surface area contributed by atoms with Crippen molar-refractivity contribution in [3.8, 4) is 0 Å². The Hall–Kier alpha value is -1.94. The van der Waals surface area contributed by atoms with Gasteiger partial charge in [-0.05, 0) is 30.7 Å². The van der Waals surface area contributed by atoms with E-state index in [-0.39, 0.29) is 29.0 Å². The predicted molar refractivity (Wildman–Crippen MR) is 75.9 cm³/mol. The highest BCUT2D eigenvalue weighted by atomic mass is 35.5. The van der Waals surface area contributed by atoms with E-state index in [0.29, 0.717) is 0 Å². The van der Waals surface area contributed by atoms with Gasteiger partial charge in [0.15, 0.2) is 0 Å². The average Bonchev–Trinajstić information content (AvgIpc) is 2.44. The Kier molecular flexibility index (Phi) is 4.69. The third-order valence-electron chi connectivity index (χ3n) is 2.96. The summed E-state index contributed by atoms with van der Waals surface area (Å²) in [7, 11) is 0. The van der Waals surface area contributed by atoms with Gasteiger partial charge in [-0.25, -0.2) is 4.39 Å². The van der Waals surface area contributed by atoms with E-state index < -0.39 is 5.82 Å². The van der Waals surface area contributed by atoms with Crippen molar-refractivity contribution in [1.82, 2.24) is 10.3 Å². The van der Waals surface area contributed by atoms with Crippen molar-refractivity contribution in [1.29, 1.82) is 0 Å². The summed E-state index contributed by atoms with van der Waals surface area (Å²) in [6.07, 6.45) is 3.26. The molecule has 20 heavy (non-hydrogen) atoms.